The van der Waals surface area contributed by atoms with Crippen LogP contribution in [0, 0.1) is 6.92 Å². The van der Waals surface area contributed by atoms with Crippen molar-refractivity contribution in [1.82, 2.24) is 15.1 Å². The smallest absolute Gasteiger partial charge is 0.287 e. The van der Waals surface area contributed by atoms with Gasteiger partial charge in [0.05, 0.1) is 6.54 Å². The molecule has 1 aliphatic carbocycles. The predicted molar refractivity (Wildman–Crippen MR) is 129 cm³/mol. The van der Waals surface area contributed by atoms with Crippen molar-refractivity contribution in [2.75, 3.05) is 26.2 Å². The van der Waals surface area contributed by atoms with E-state index in [1.54, 1.807) is 0 Å². The summed E-state index contributed by atoms with van der Waals surface area (Å²) in [7, 11) is 0. The predicted octanol–water partition coefficient (Wildman–Crippen LogP) is 5.14. The van der Waals surface area contributed by atoms with Crippen LogP contribution in [-0.4, -0.2) is 47.9 Å². The first-order chi connectivity index (χ1) is 15.7. The van der Waals surface area contributed by atoms with E-state index in [9.17, 15) is 4.79 Å². The van der Waals surface area contributed by atoms with E-state index in [4.69, 9.17) is 4.42 Å². The maximum Gasteiger partial charge on any atom is 0.287 e. The minimum Gasteiger partial charge on any atom is -0.455 e. The van der Waals surface area contributed by atoms with Gasteiger partial charge >= 0.3 is 0 Å². The van der Waals surface area contributed by atoms with E-state index in [1.807, 2.05) is 12.1 Å². The second-order valence-electron chi connectivity index (χ2n) is 9.55. The molecule has 1 aromatic carbocycles. The number of hydrogen-bond donors (Lipinski definition) is 1. The first kappa shape index (κ1) is 23.1. The summed E-state index contributed by atoms with van der Waals surface area (Å²) < 4.78 is 6.01. The number of piperidine rings is 1. The van der Waals surface area contributed by atoms with Gasteiger partial charge in [0, 0.05) is 25.7 Å². The number of rotatable bonds is 9. The number of amides is 1. The van der Waals surface area contributed by atoms with Crippen molar-refractivity contribution >= 4 is 5.91 Å². The highest BCUT2D eigenvalue weighted by atomic mass is 16.4. The Morgan fingerprint density at radius 2 is 1.75 bits per heavy atom. The molecule has 2 aromatic rings. The summed E-state index contributed by atoms with van der Waals surface area (Å²) in [6.07, 6.45) is 10.3. The zero-order valence-electron chi connectivity index (χ0n) is 19.7. The molecule has 5 nitrogen and oxygen atoms in total. The van der Waals surface area contributed by atoms with Crippen LogP contribution >= 0.6 is 0 Å². The zero-order chi connectivity index (χ0) is 22.2. The number of nitrogens with one attached hydrogen (secondary N) is 1. The van der Waals surface area contributed by atoms with Crippen molar-refractivity contribution < 1.29 is 9.21 Å². The molecule has 32 heavy (non-hydrogen) atoms. The molecule has 1 aliphatic heterocycles. The highest BCUT2D eigenvalue weighted by Gasteiger charge is 2.23. The van der Waals surface area contributed by atoms with Crippen LogP contribution < -0.4 is 5.32 Å². The van der Waals surface area contributed by atoms with E-state index < -0.39 is 0 Å². The highest BCUT2D eigenvalue weighted by Crippen LogP contribution is 2.27. The third-order valence-electron chi connectivity index (χ3n) is 7.13. The van der Waals surface area contributed by atoms with Crippen molar-refractivity contribution in [2.45, 2.75) is 77.4 Å². The van der Waals surface area contributed by atoms with Crippen LogP contribution in [0.15, 0.2) is 40.8 Å². The molecule has 0 bridgehead atoms. The molecule has 0 spiro atoms. The third-order valence-corrected chi connectivity index (χ3v) is 7.13. The van der Waals surface area contributed by atoms with Gasteiger partial charge in [-0.05, 0) is 69.0 Å². The Hall–Kier alpha value is -2.11. The molecule has 2 fully saturated rings. The first-order valence-electron chi connectivity index (χ1n) is 12.6. The van der Waals surface area contributed by atoms with E-state index in [0.29, 0.717) is 18.3 Å². The van der Waals surface area contributed by atoms with E-state index in [-0.39, 0.29) is 5.91 Å². The molecule has 5 heteroatoms. The fourth-order valence-corrected chi connectivity index (χ4v) is 5.15. The second-order valence-corrected chi connectivity index (χ2v) is 9.55. The number of carbonyl (C=O) groups excluding carboxylic acids is 1. The van der Waals surface area contributed by atoms with Crippen molar-refractivity contribution in [1.29, 1.82) is 0 Å². The average molecular weight is 438 g/mol. The Bertz CT molecular complexity index is 850. The summed E-state index contributed by atoms with van der Waals surface area (Å²) in [5.74, 6) is 1.21. The van der Waals surface area contributed by atoms with Crippen LogP contribution in [0.5, 0.6) is 0 Å². The van der Waals surface area contributed by atoms with E-state index in [2.05, 4.69) is 46.3 Å². The van der Waals surface area contributed by atoms with Crippen LogP contribution in [-0.2, 0) is 13.1 Å². The van der Waals surface area contributed by atoms with Crippen molar-refractivity contribution in [2.24, 2.45) is 0 Å². The Balaban J connectivity index is 1.34. The highest BCUT2D eigenvalue weighted by molar-refractivity contribution is 5.91. The van der Waals surface area contributed by atoms with Gasteiger partial charge in [-0.2, -0.15) is 0 Å². The zero-order valence-corrected chi connectivity index (χ0v) is 19.7. The number of furan rings is 1. The van der Waals surface area contributed by atoms with Gasteiger partial charge in [0.2, 0.25) is 0 Å². The lowest BCUT2D eigenvalue weighted by Crippen LogP contribution is -2.37. The van der Waals surface area contributed by atoms with Crippen LogP contribution in [0.25, 0.3) is 0 Å². The summed E-state index contributed by atoms with van der Waals surface area (Å²) in [5.41, 5.74) is 2.71. The molecule has 2 aliphatic rings. The van der Waals surface area contributed by atoms with Crippen LogP contribution in [0.4, 0.5) is 0 Å². The number of benzene rings is 1. The summed E-state index contributed by atoms with van der Waals surface area (Å²) in [6, 6.07) is 13.0. The molecule has 4 rings (SSSR count). The number of hydrogen-bond acceptors (Lipinski definition) is 4. The molecule has 0 radical (unpaired) electrons. The first-order valence-corrected chi connectivity index (χ1v) is 12.6. The van der Waals surface area contributed by atoms with Crippen LogP contribution in [0.1, 0.15) is 78.8 Å². The number of carbonyl (C=O) groups is 1. The molecule has 1 N–H and O–H groups in total. The molecule has 1 saturated heterocycles. The molecule has 1 aromatic heterocycles. The lowest BCUT2D eigenvalue weighted by Gasteiger charge is -2.34. The minimum absolute atomic E-state index is 0.101. The maximum absolute atomic E-state index is 12.6. The van der Waals surface area contributed by atoms with Gasteiger partial charge in [-0.25, -0.2) is 0 Å². The van der Waals surface area contributed by atoms with Crippen molar-refractivity contribution in [3.05, 3.63) is 59.0 Å². The Morgan fingerprint density at radius 1 is 1.00 bits per heavy atom. The van der Waals surface area contributed by atoms with Gasteiger partial charge in [0.25, 0.3) is 5.91 Å². The monoisotopic (exact) mass is 437 g/mol. The number of likely N-dealkylation sites (tertiary alicyclic amines) is 1. The van der Waals surface area contributed by atoms with E-state index in [1.165, 1.54) is 62.5 Å². The maximum atomic E-state index is 12.6. The lowest BCUT2D eigenvalue weighted by atomic mass is 9.93. The van der Waals surface area contributed by atoms with Crippen molar-refractivity contribution in [3.8, 4) is 0 Å². The second kappa shape index (κ2) is 11.7. The summed E-state index contributed by atoms with van der Waals surface area (Å²) in [6.45, 7) is 7.77. The standard InChI is InChI=1S/C27H39N3O2/c1-22-10-6-7-11-23(22)20-30(24-12-4-2-5-13-24)21-25-14-15-26(32-25)27(31)28-16-19-29-17-8-3-9-18-29/h6-7,10-11,14-15,24H,2-5,8-9,12-13,16-21H2,1H3,(H,28,31). The third kappa shape index (κ3) is 6.46. The van der Waals surface area contributed by atoms with Gasteiger partial charge in [-0.1, -0.05) is 49.9 Å². The minimum atomic E-state index is -0.101. The molecular weight excluding hydrogens is 398 g/mol. The van der Waals surface area contributed by atoms with E-state index in [0.717, 1.165) is 38.5 Å². The molecule has 1 saturated carbocycles. The Kier molecular flexibility index (Phi) is 8.41. The van der Waals surface area contributed by atoms with Crippen molar-refractivity contribution in [3.63, 3.8) is 0 Å². The average Bonchev–Trinajstić information content (AvgIpc) is 3.30. The fourth-order valence-electron chi connectivity index (χ4n) is 5.15. The molecule has 174 valence electrons. The summed E-state index contributed by atoms with van der Waals surface area (Å²) in [5, 5.41) is 3.04. The van der Waals surface area contributed by atoms with Gasteiger partial charge in [-0.3, -0.25) is 9.69 Å². The SMILES string of the molecule is Cc1ccccc1CN(Cc1ccc(C(=O)NCCN2CCCCC2)o1)C1CCCCC1. The normalized spacial score (nSPS) is 18.2. The number of aryl methyl sites for hydroxylation is 1. The summed E-state index contributed by atoms with van der Waals surface area (Å²) in [4.78, 5) is 17.6. The van der Waals surface area contributed by atoms with Gasteiger partial charge in [0.15, 0.2) is 5.76 Å². The summed E-state index contributed by atoms with van der Waals surface area (Å²) >= 11 is 0. The molecular formula is C27H39N3O2. The quantitative estimate of drug-likeness (QED) is 0.590. The molecule has 1 amide bonds. The molecule has 0 atom stereocenters. The largest absolute Gasteiger partial charge is 0.455 e. The Labute approximate surface area is 193 Å². The lowest BCUT2D eigenvalue weighted by molar-refractivity contribution is 0.0909. The topological polar surface area (TPSA) is 48.7 Å². The van der Waals surface area contributed by atoms with Gasteiger partial charge < -0.3 is 14.6 Å². The fraction of sp³-hybridized carbons (Fsp3) is 0.593. The van der Waals surface area contributed by atoms with Crippen LogP contribution in [0.3, 0.4) is 0 Å². The molecule has 0 unspecified atom stereocenters. The Morgan fingerprint density at radius 3 is 2.53 bits per heavy atom. The van der Waals surface area contributed by atoms with Crippen LogP contribution in [0.2, 0.25) is 0 Å². The van der Waals surface area contributed by atoms with Gasteiger partial charge in [-0.15, -0.1) is 0 Å². The number of nitrogens with zero attached hydrogens (tertiary/aromatic N) is 2. The van der Waals surface area contributed by atoms with E-state index >= 15 is 0 Å². The van der Waals surface area contributed by atoms with Gasteiger partial charge in [0.1, 0.15) is 5.76 Å². The molecule has 2 heterocycles.